The summed E-state index contributed by atoms with van der Waals surface area (Å²) in [6, 6.07) is 4.49. The van der Waals surface area contributed by atoms with Gasteiger partial charge in [-0.05, 0) is 56.5 Å². The first-order chi connectivity index (χ1) is 10.8. The molecule has 0 N–H and O–H groups in total. The van der Waals surface area contributed by atoms with Gasteiger partial charge in [0.25, 0.3) is 0 Å². The summed E-state index contributed by atoms with van der Waals surface area (Å²) >= 11 is 1.71. The van der Waals surface area contributed by atoms with Crippen molar-refractivity contribution in [2.24, 2.45) is 0 Å². The second-order valence-corrected chi connectivity index (χ2v) is 7.22. The molecule has 4 nitrogen and oxygen atoms in total. The van der Waals surface area contributed by atoms with Gasteiger partial charge >= 0.3 is 0 Å². The summed E-state index contributed by atoms with van der Waals surface area (Å²) in [6.07, 6.45) is 8.61. The van der Waals surface area contributed by atoms with Crippen molar-refractivity contribution in [1.82, 2.24) is 14.8 Å². The number of hydrogen-bond acceptors (Lipinski definition) is 4. The maximum atomic E-state index is 12.5. The van der Waals surface area contributed by atoms with E-state index in [4.69, 9.17) is 0 Å². The molecule has 1 atom stereocenters. The molecule has 0 bridgehead atoms. The summed E-state index contributed by atoms with van der Waals surface area (Å²) in [5.41, 5.74) is 1.24. The van der Waals surface area contributed by atoms with Gasteiger partial charge < -0.3 is 9.80 Å². The van der Waals surface area contributed by atoms with Gasteiger partial charge in [0.2, 0.25) is 5.91 Å². The van der Waals surface area contributed by atoms with E-state index >= 15 is 0 Å². The molecule has 0 spiro atoms. The van der Waals surface area contributed by atoms with Crippen LogP contribution in [0.4, 0.5) is 0 Å². The average Bonchev–Trinajstić information content (AvgIpc) is 3.20. The van der Waals surface area contributed by atoms with Crippen molar-refractivity contribution in [3.05, 3.63) is 30.1 Å². The zero-order valence-electron chi connectivity index (χ0n) is 13.1. The van der Waals surface area contributed by atoms with Gasteiger partial charge in [0.15, 0.2) is 0 Å². The van der Waals surface area contributed by atoms with Crippen LogP contribution < -0.4 is 0 Å². The summed E-state index contributed by atoms with van der Waals surface area (Å²) < 4.78 is 0. The fourth-order valence-corrected chi connectivity index (χ4v) is 4.31. The summed E-state index contributed by atoms with van der Waals surface area (Å²) in [4.78, 5) is 21.2. The molecule has 120 valence electrons. The zero-order chi connectivity index (χ0) is 15.2. The van der Waals surface area contributed by atoms with Crippen LogP contribution in [-0.4, -0.2) is 58.7 Å². The van der Waals surface area contributed by atoms with Gasteiger partial charge in [-0.25, -0.2) is 0 Å². The zero-order valence-corrected chi connectivity index (χ0v) is 13.9. The topological polar surface area (TPSA) is 36.4 Å². The highest BCUT2D eigenvalue weighted by molar-refractivity contribution is 7.99. The van der Waals surface area contributed by atoms with Gasteiger partial charge in [0, 0.05) is 37.3 Å². The maximum Gasteiger partial charge on any atom is 0.232 e. The number of pyridine rings is 1. The molecule has 5 heteroatoms. The summed E-state index contributed by atoms with van der Waals surface area (Å²) in [5, 5.41) is 0. The molecule has 22 heavy (non-hydrogen) atoms. The van der Waals surface area contributed by atoms with Crippen molar-refractivity contribution >= 4 is 17.7 Å². The quantitative estimate of drug-likeness (QED) is 0.807. The lowest BCUT2D eigenvalue weighted by atomic mass is 10.2. The van der Waals surface area contributed by atoms with E-state index in [1.54, 1.807) is 11.8 Å². The number of thioether (sulfide) groups is 1. The van der Waals surface area contributed by atoms with E-state index < -0.39 is 0 Å². The van der Waals surface area contributed by atoms with Crippen molar-refractivity contribution in [2.45, 2.75) is 37.5 Å². The largest absolute Gasteiger partial charge is 0.338 e. The molecule has 3 heterocycles. The molecule has 2 aliphatic heterocycles. The van der Waals surface area contributed by atoms with Crippen molar-refractivity contribution in [3.8, 4) is 0 Å². The third kappa shape index (κ3) is 4.23. The number of carbonyl (C=O) groups excluding carboxylic acids is 1. The van der Waals surface area contributed by atoms with E-state index in [0.717, 1.165) is 18.8 Å². The Morgan fingerprint density at radius 1 is 1.18 bits per heavy atom. The Hall–Kier alpha value is -1.07. The molecule has 1 amide bonds. The van der Waals surface area contributed by atoms with Crippen LogP contribution in [0.1, 0.15) is 31.2 Å². The molecule has 2 aliphatic rings. The maximum absolute atomic E-state index is 12.5. The van der Waals surface area contributed by atoms with Crippen LogP contribution >= 0.6 is 11.8 Å². The number of hydrogen-bond donors (Lipinski definition) is 0. The predicted molar refractivity (Wildman–Crippen MR) is 90.8 cm³/mol. The first-order valence-corrected chi connectivity index (χ1v) is 9.47. The number of aromatic nitrogens is 1. The molecular weight excluding hydrogens is 294 g/mol. The molecule has 0 saturated carbocycles. The van der Waals surface area contributed by atoms with Crippen LogP contribution in [0.15, 0.2) is 24.5 Å². The monoisotopic (exact) mass is 319 g/mol. The van der Waals surface area contributed by atoms with Crippen LogP contribution in [-0.2, 0) is 10.5 Å². The molecule has 0 radical (unpaired) electrons. The lowest BCUT2D eigenvalue weighted by Gasteiger charge is -2.28. The van der Waals surface area contributed by atoms with E-state index in [0.29, 0.717) is 17.7 Å². The van der Waals surface area contributed by atoms with Crippen molar-refractivity contribution in [2.75, 3.05) is 31.9 Å². The van der Waals surface area contributed by atoms with Crippen LogP contribution in [0.5, 0.6) is 0 Å². The highest BCUT2D eigenvalue weighted by atomic mass is 32.2. The lowest BCUT2D eigenvalue weighted by molar-refractivity contribution is -0.129. The van der Waals surface area contributed by atoms with Gasteiger partial charge in [-0.1, -0.05) is 0 Å². The van der Waals surface area contributed by atoms with E-state index in [1.165, 1.54) is 44.3 Å². The Balaban J connectivity index is 1.44. The van der Waals surface area contributed by atoms with Crippen molar-refractivity contribution < 1.29 is 4.79 Å². The van der Waals surface area contributed by atoms with Crippen LogP contribution in [0.3, 0.4) is 0 Å². The first kappa shape index (κ1) is 15.8. The number of nitrogens with zero attached hydrogens (tertiary/aromatic N) is 3. The minimum atomic E-state index is 0.320. The lowest BCUT2D eigenvalue weighted by Crippen LogP contribution is -2.43. The molecular formula is C17H25N3OS. The fraction of sp³-hybridized carbons (Fsp3) is 0.647. The second-order valence-electron chi connectivity index (χ2n) is 6.24. The molecule has 0 aliphatic carbocycles. The SMILES string of the molecule is O=C(CSCc1ccncc1)N1CCC[C@H]1CN1CCCC1. The van der Waals surface area contributed by atoms with Crippen molar-refractivity contribution in [1.29, 1.82) is 0 Å². The summed E-state index contributed by atoms with van der Waals surface area (Å²) in [7, 11) is 0. The third-order valence-electron chi connectivity index (χ3n) is 4.61. The summed E-state index contributed by atoms with van der Waals surface area (Å²) in [5.74, 6) is 1.80. The predicted octanol–water partition coefficient (Wildman–Crippen LogP) is 2.40. The van der Waals surface area contributed by atoms with Gasteiger partial charge in [0.1, 0.15) is 0 Å². The standard InChI is InChI=1S/C17H25N3OS/c21-17(14-22-13-15-5-7-18-8-6-15)20-11-3-4-16(20)12-19-9-1-2-10-19/h5-8,16H,1-4,9-14H2/t16-/m0/s1. The second kappa shape index (κ2) is 7.97. The van der Waals surface area contributed by atoms with Gasteiger partial charge in [0.05, 0.1) is 5.75 Å². The molecule has 2 saturated heterocycles. The van der Waals surface area contributed by atoms with Crippen LogP contribution in [0.2, 0.25) is 0 Å². The highest BCUT2D eigenvalue weighted by Crippen LogP contribution is 2.22. The van der Waals surface area contributed by atoms with E-state index in [-0.39, 0.29) is 0 Å². The van der Waals surface area contributed by atoms with E-state index in [9.17, 15) is 4.79 Å². The number of amides is 1. The van der Waals surface area contributed by atoms with E-state index in [2.05, 4.69) is 14.8 Å². The molecule has 0 unspecified atom stereocenters. The molecule has 0 aromatic carbocycles. The molecule has 1 aromatic rings. The van der Waals surface area contributed by atoms with Gasteiger partial charge in [-0.15, -0.1) is 11.8 Å². The van der Waals surface area contributed by atoms with Crippen LogP contribution in [0, 0.1) is 0 Å². The Morgan fingerprint density at radius 3 is 2.73 bits per heavy atom. The van der Waals surface area contributed by atoms with Gasteiger partial charge in [-0.2, -0.15) is 0 Å². The normalized spacial score (nSPS) is 22.4. The minimum Gasteiger partial charge on any atom is -0.338 e. The Kier molecular flexibility index (Phi) is 5.73. The summed E-state index contributed by atoms with van der Waals surface area (Å²) in [6.45, 7) is 4.47. The van der Waals surface area contributed by atoms with Gasteiger partial charge in [-0.3, -0.25) is 9.78 Å². The Morgan fingerprint density at radius 2 is 1.95 bits per heavy atom. The molecule has 1 aromatic heterocycles. The fourth-order valence-electron chi connectivity index (χ4n) is 3.44. The highest BCUT2D eigenvalue weighted by Gasteiger charge is 2.30. The Bertz CT molecular complexity index is 476. The Labute approximate surface area is 137 Å². The first-order valence-electron chi connectivity index (χ1n) is 8.31. The average molecular weight is 319 g/mol. The molecule has 2 fully saturated rings. The number of rotatable bonds is 6. The smallest absolute Gasteiger partial charge is 0.232 e. The number of likely N-dealkylation sites (tertiary alicyclic amines) is 2. The third-order valence-corrected chi connectivity index (χ3v) is 5.60. The van der Waals surface area contributed by atoms with E-state index in [1.807, 2.05) is 24.5 Å². The minimum absolute atomic E-state index is 0.320. The van der Waals surface area contributed by atoms with Crippen LogP contribution in [0.25, 0.3) is 0 Å². The molecule has 3 rings (SSSR count). The number of carbonyl (C=O) groups is 1. The van der Waals surface area contributed by atoms with Crippen molar-refractivity contribution in [3.63, 3.8) is 0 Å².